The van der Waals surface area contributed by atoms with E-state index in [2.05, 4.69) is 17.6 Å². The molecule has 0 N–H and O–H groups in total. The monoisotopic (exact) mass is 284 g/mol. The van der Waals surface area contributed by atoms with Crippen LogP contribution in [0.4, 0.5) is 0 Å². The molecular weight excluding hydrogens is 264 g/mol. The molecule has 1 aromatic carbocycles. The van der Waals surface area contributed by atoms with Crippen molar-refractivity contribution in [3.05, 3.63) is 36.0 Å². The second-order valence-corrected chi connectivity index (χ2v) is 6.39. The van der Waals surface area contributed by atoms with Crippen molar-refractivity contribution >= 4 is 16.8 Å². The summed E-state index contributed by atoms with van der Waals surface area (Å²) in [4.78, 5) is 14.6. The third-order valence-corrected chi connectivity index (χ3v) is 4.84. The van der Waals surface area contributed by atoms with Crippen LogP contribution in [0.1, 0.15) is 23.7 Å². The summed E-state index contributed by atoms with van der Waals surface area (Å²) in [5.74, 6) is 0.649. The third-order valence-electron chi connectivity index (χ3n) is 4.84. The van der Waals surface area contributed by atoms with E-state index in [1.54, 1.807) is 0 Å². The minimum atomic E-state index is 0.131. The molecule has 2 aliphatic rings. The Morgan fingerprint density at radius 2 is 2.14 bits per heavy atom. The second-order valence-electron chi connectivity index (χ2n) is 6.39. The summed E-state index contributed by atoms with van der Waals surface area (Å²) in [7, 11) is 2.02. The predicted octanol–water partition coefficient (Wildman–Crippen LogP) is 2.43. The van der Waals surface area contributed by atoms with Gasteiger partial charge in [0, 0.05) is 48.7 Å². The highest BCUT2D eigenvalue weighted by Gasteiger charge is 2.42. The maximum Gasteiger partial charge on any atom is 0.253 e. The van der Waals surface area contributed by atoms with Crippen molar-refractivity contribution in [2.24, 2.45) is 13.0 Å². The molecule has 1 aromatic heterocycles. The Morgan fingerprint density at radius 3 is 2.95 bits per heavy atom. The first-order chi connectivity index (χ1) is 10.1. The first-order valence-electron chi connectivity index (χ1n) is 7.61. The largest absolute Gasteiger partial charge is 0.373 e. The van der Waals surface area contributed by atoms with Crippen LogP contribution >= 0.6 is 0 Å². The number of fused-ring (bicyclic) bond motifs is 2. The van der Waals surface area contributed by atoms with Gasteiger partial charge in [-0.3, -0.25) is 4.79 Å². The molecule has 2 saturated heterocycles. The van der Waals surface area contributed by atoms with Crippen molar-refractivity contribution in [3.63, 3.8) is 0 Å². The first kappa shape index (κ1) is 12.9. The second kappa shape index (κ2) is 4.60. The molecular formula is C17H20N2O2. The van der Waals surface area contributed by atoms with Crippen LogP contribution in [0.2, 0.25) is 0 Å². The van der Waals surface area contributed by atoms with E-state index in [4.69, 9.17) is 4.74 Å². The number of hydrogen-bond donors (Lipinski definition) is 0. The number of carbonyl (C=O) groups excluding carboxylic acids is 1. The lowest BCUT2D eigenvalue weighted by Gasteiger charge is -2.18. The molecule has 0 saturated carbocycles. The molecule has 0 radical (unpaired) electrons. The fourth-order valence-corrected chi connectivity index (χ4v) is 3.77. The van der Waals surface area contributed by atoms with Gasteiger partial charge in [0.05, 0.1) is 12.2 Å². The zero-order valence-corrected chi connectivity index (χ0v) is 12.5. The van der Waals surface area contributed by atoms with Crippen molar-refractivity contribution in [2.75, 3.05) is 13.1 Å². The van der Waals surface area contributed by atoms with Gasteiger partial charge < -0.3 is 14.2 Å². The van der Waals surface area contributed by atoms with Crippen LogP contribution < -0.4 is 0 Å². The summed E-state index contributed by atoms with van der Waals surface area (Å²) >= 11 is 0. The van der Waals surface area contributed by atoms with Gasteiger partial charge in [-0.05, 0) is 37.6 Å². The van der Waals surface area contributed by atoms with E-state index < -0.39 is 0 Å². The summed E-state index contributed by atoms with van der Waals surface area (Å²) in [6, 6.07) is 8.01. The third kappa shape index (κ3) is 2.05. The number of nitrogens with zero attached hydrogens (tertiary/aromatic N) is 2. The van der Waals surface area contributed by atoms with Gasteiger partial charge in [-0.25, -0.2) is 0 Å². The predicted molar refractivity (Wildman–Crippen MR) is 81.3 cm³/mol. The Kier molecular flexibility index (Phi) is 2.82. The lowest BCUT2D eigenvalue weighted by molar-refractivity contribution is 0.0443. The number of ether oxygens (including phenoxy) is 1. The maximum atomic E-state index is 12.7. The Morgan fingerprint density at radius 1 is 1.29 bits per heavy atom. The lowest BCUT2D eigenvalue weighted by Crippen LogP contribution is -2.31. The fraction of sp³-hybridized carbons (Fsp3) is 0.471. The summed E-state index contributed by atoms with van der Waals surface area (Å²) < 4.78 is 7.95. The summed E-state index contributed by atoms with van der Waals surface area (Å²) in [6.07, 6.45) is 3.68. The summed E-state index contributed by atoms with van der Waals surface area (Å²) in [5.41, 5.74) is 1.93. The molecule has 2 fully saturated rings. The van der Waals surface area contributed by atoms with Crippen molar-refractivity contribution in [3.8, 4) is 0 Å². The number of rotatable bonds is 1. The summed E-state index contributed by atoms with van der Waals surface area (Å²) in [5, 5.41) is 1.12. The Balaban J connectivity index is 1.57. The molecule has 2 aliphatic heterocycles. The highest BCUT2D eigenvalue weighted by atomic mass is 16.5. The standard InChI is InChI=1S/C17H20N2O2/c1-11-7-14-9-19(10-16(14)21-11)17(20)13-3-4-15-12(8-13)5-6-18(15)2/h3-6,8,11,14,16H,7,9-10H2,1-2H3/t11-,14+,16-/m0/s1. The van der Waals surface area contributed by atoms with Crippen LogP contribution in [0.3, 0.4) is 0 Å². The molecule has 1 amide bonds. The number of hydrogen-bond acceptors (Lipinski definition) is 2. The van der Waals surface area contributed by atoms with Crippen molar-refractivity contribution in [1.82, 2.24) is 9.47 Å². The zero-order valence-electron chi connectivity index (χ0n) is 12.5. The van der Waals surface area contributed by atoms with Crippen molar-refractivity contribution in [2.45, 2.75) is 25.6 Å². The van der Waals surface area contributed by atoms with Gasteiger partial charge in [0.15, 0.2) is 0 Å². The molecule has 4 rings (SSSR count). The van der Waals surface area contributed by atoms with E-state index in [1.165, 1.54) is 0 Å². The number of likely N-dealkylation sites (tertiary alicyclic amines) is 1. The first-order valence-corrected chi connectivity index (χ1v) is 7.61. The Labute approximate surface area is 124 Å². The minimum Gasteiger partial charge on any atom is -0.373 e. The van der Waals surface area contributed by atoms with E-state index >= 15 is 0 Å². The van der Waals surface area contributed by atoms with E-state index in [1.807, 2.05) is 36.3 Å². The number of carbonyl (C=O) groups is 1. The van der Waals surface area contributed by atoms with E-state index in [9.17, 15) is 4.79 Å². The van der Waals surface area contributed by atoms with Crippen molar-refractivity contribution < 1.29 is 9.53 Å². The number of benzene rings is 1. The molecule has 4 heteroatoms. The molecule has 21 heavy (non-hydrogen) atoms. The van der Waals surface area contributed by atoms with Crippen molar-refractivity contribution in [1.29, 1.82) is 0 Å². The Hall–Kier alpha value is -1.81. The molecule has 0 spiro atoms. The summed E-state index contributed by atoms with van der Waals surface area (Å²) in [6.45, 7) is 3.69. The van der Waals surface area contributed by atoms with E-state index in [0.29, 0.717) is 12.0 Å². The molecule has 4 nitrogen and oxygen atoms in total. The molecule has 2 aromatic rings. The van der Waals surface area contributed by atoms with Crippen LogP contribution in [0.5, 0.6) is 0 Å². The highest BCUT2D eigenvalue weighted by Crippen LogP contribution is 2.33. The molecule has 3 heterocycles. The van der Waals surface area contributed by atoms with Gasteiger partial charge in [0.1, 0.15) is 0 Å². The average molecular weight is 284 g/mol. The maximum absolute atomic E-state index is 12.7. The van der Waals surface area contributed by atoms with Gasteiger partial charge in [0.25, 0.3) is 5.91 Å². The number of amides is 1. The Bertz CT molecular complexity index is 692. The zero-order chi connectivity index (χ0) is 14.6. The quantitative estimate of drug-likeness (QED) is 0.806. The fourth-order valence-electron chi connectivity index (χ4n) is 3.77. The molecule has 0 unspecified atom stereocenters. The normalized spacial score (nSPS) is 28.3. The van der Waals surface area contributed by atoms with Gasteiger partial charge in [-0.2, -0.15) is 0 Å². The lowest BCUT2D eigenvalue weighted by atomic mass is 10.0. The topological polar surface area (TPSA) is 34.5 Å². The van der Waals surface area contributed by atoms with Gasteiger partial charge in [-0.15, -0.1) is 0 Å². The molecule has 0 aliphatic carbocycles. The molecule has 0 bridgehead atoms. The van der Waals surface area contributed by atoms with Gasteiger partial charge >= 0.3 is 0 Å². The number of aromatic nitrogens is 1. The molecule has 3 atom stereocenters. The average Bonchev–Trinajstić information content (AvgIpc) is 3.11. The smallest absolute Gasteiger partial charge is 0.253 e. The minimum absolute atomic E-state index is 0.131. The van der Waals surface area contributed by atoms with Crippen LogP contribution in [0.25, 0.3) is 10.9 Å². The highest BCUT2D eigenvalue weighted by molar-refractivity contribution is 5.98. The SMILES string of the molecule is C[C@H]1C[C@@H]2CN(C(=O)c3ccc4c(ccn4C)c3)C[C@@H]2O1. The van der Waals surface area contributed by atoms with Crippen LogP contribution in [-0.2, 0) is 11.8 Å². The van der Waals surface area contributed by atoms with E-state index in [-0.39, 0.29) is 12.0 Å². The number of aryl methyl sites for hydroxylation is 1. The van der Waals surface area contributed by atoms with Crippen LogP contribution in [0.15, 0.2) is 30.5 Å². The van der Waals surface area contributed by atoms with E-state index in [0.717, 1.165) is 36.0 Å². The molecule has 110 valence electrons. The van der Waals surface area contributed by atoms with Crippen LogP contribution in [-0.4, -0.2) is 40.7 Å². The van der Waals surface area contributed by atoms with Gasteiger partial charge in [-0.1, -0.05) is 0 Å². The van der Waals surface area contributed by atoms with Gasteiger partial charge in [0.2, 0.25) is 0 Å². The van der Waals surface area contributed by atoms with Crippen LogP contribution in [0, 0.1) is 5.92 Å².